The van der Waals surface area contributed by atoms with E-state index in [1.54, 1.807) is 12.3 Å². The van der Waals surface area contributed by atoms with Gasteiger partial charge >= 0.3 is 0 Å². The van der Waals surface area contributed by atoms with Crippen molar-refractivity contribution < 1.29 is 9.13 Å². The van der Waals surface area contributed by atoms with Crippen molar-refractivity contribution in [3.8, 4) is 11.6 Å². The molecule has 1 saturated carbocycles. The second kappa shape index (κ2) is 6.18. The van der Waals surface area contributed by atoms with Gasteiger partial charge in [-0.3, -0.25) is 0 Å². The summed E-state index contributed by atoms with van der Waals surface area (Å²) in [7, 11) is 0. The van der Waals surface area contributed by atoms with Crippen LogP contribution >= 0.6 is 23.2 Å². The van der Waals surface area contributed by atoms with Crippen LogP contribution in [-0.4, -0.2) is 11.0 Å². The molecule has 0 radical (unpaired) electrons. The second-order valence-electron chi connectivity index (χ2n) is 4.95. The van der Waals surface area contributed by atoms with Crippen molar-refractivity contribution in [3.05, 3.63) is 51.9 Å². The molecule has 0 amide bonds. The number of halogens is 3. The van der Waals surface area contributed by atoms with Crippen LogP contribution in [0.3, 0.4) is 0 Å². The number of rotatable bonds is 5. The molecule has 0 atom stereocenters. The van der Waals surface area contributed by atoms with Crippen LogP contribution in [0.1, 0.15) is 18.4 Å². The van der Waals surface area contributed by atoms with Gasteiger partial charge in [0.15, 0.2) is 0 Å². The molecule has 2 aromatic rings. The van der Waals surface area contributed by atoms with Gasteiger partial charge in [-0.15, -0.1) is 0 Å². The highest BCUT2D eigenvalue weighted by atomic mass is 35.5. The average molecular weight is 327 g/mol. The standard InChI is InChI=1S/C15H13Cl2FN2O/c16-12-6-11(3-4-14(12)18)21-15-5-9(13(17)8-20-15)7-19-10-1-2-10/h3-6,8,10,19H,1-2,7H2. The quantitative estimate of drug-likeness (QED) is 0.873. The van der Waals surface area contributed by atoms with E-state index in [9.17, 15) is 4.39 Å². The highest BCUT2D eigenvalue weighted by molar-refractivity contribution is 6.31. The summed E-state index contributed by atoms with van der Waals surface area (Å²) in [6.07, 6.45) is 3.96. The van der Waals surface area contributed by atoms with Gasteiger partial charge in [-0.2, -0.15) is 0 Å². The summed E-state index contributed by atoms with van der Waals surface area (Å²) < 4.78 is 18.7. The minimum absolute atomic E-state index is 0.0112. The molecule has 0 aliphatic heterocycles. The molecule has 1 aliphatic carbocycles. The van der Waals surface area contributed by atoms with Crippen LogP contribution in [0, 0.1) is 5.82 Å². The lowest BCUT2D eigenvalue weighted by Crippen LogP contribution is -2.15. The number of hydrogen-bond acceptors (Lipinski definition) is 3. The summed E-state index contributed by atoms with van der Waals surface area (Å²) in [5.74, 6) is 0.342. The fraction of sp³-hybridized carbons (Fsp3) is 0.267. The van der Waals surface area contributed by atoms with Crippen molar-refractivity contribution in [1.82, 2.24) is 10.3 Å². The Labute approximate surface area is 132 Å². The maximum Gasteiger partial charge on any atom is 0.219 e. The Hall–Kier alpha value is -1.36. The van der Waals surface area contributed by atoms with Gasteiger partial charge in [-0.1, -0.05) is 23.2 Å². The topological polar surface area (TPSA) is 34.1 Å². The van der Waals surface area contributed by atoms with E-state index in [1.807, 2.05) is 0 Å². The van der Waals surface area contributed by atoms with Gasteiger partial charge in [-0.25, -0.2) is 9.37 Å². The first-order chi connectivity index (χ1) is 10.1. The SMILES string of the molecule is Fc1ccc(Oc2cc(CNC3CC3)c(Cl)cn2)cc1Cl. The largest absolute Gasteiger partial charge is 0.439 e. The first-order valence-electron chi connectivity index (χ1n) is 6.62. The van der Waals surface area contributed by atoms with Crippen LogP contribution in [0.5, 0.6) is 11.6 Å². The molecule has 1 heterocycles. The molecule has 1 fully saturated rings. The minimum Gasteiger partial charge on any atom is -0.439 e. The fourth-order valence-corrected chi connectivity index (χ4v) is 2.19. The van der Waals surface area contributed by atoms with Crippen LogP contribution in [0.2, 0.25) is 10.0 Å². The summed E-state index contributed by atoms with van der Waals surface area (Å²) in [4.78, 5) is 4.11. The Morgan fingerprint density at radius 1 is 1.24 bits per heavy atom. The number of nitrogens with one attached hydrogen (secondary N) is 1. The summed E-state index contributed by atoms with van der Waals surface area (Å²) in [6, 6.07) is 6.53. The van der Waals surface area contributed by atoms with Crippen molar-refractivity contribution in [2.45, 2.75) is 25.4 Å². The van der Waals surface area contributed by atoms with Gasteiger partial charge in [0.2, 0.25) is 5.88 Å². The van der Waals surface area contributed by atoms with Gasteiger partial charge in [0, 0.05) is 30.9 Å². The van der Waals surface area contributed by atoms with Gasteiger partial charge in [0.1, 0.15) is 11.6 Å². The van der Waals surface area contributed by atoms with Gasteiger partial charge in [0.25, 0.3) is 0 Å². The van der Waals surface area contributed by atoms with E-state index in [-0.39, 0.29) is 5.02 Å². The first kappa shape index (κ1) is 14.6. The number of ether oxygens (including phenoxy) is 1. The lowest BCUT2D eigenvalue weighted by atomic mass is 10.2. The normalized spacial score (nSPS) is 14.2. The zero-order valence-corrected chi connectivity index (χ0v) is 12.6. The molecule has 1 N–H and O–H groups in total. The number of nitrogens with zero attached hydrogens (tertiary/aromatic N) is 1. The molecule has 1 aromatic heterocycles. The predicted molar refractivity (Wildman–Crippen MR) is 80.6 cm³/mol. The van der Waals surface area contributed by atoms with Crippen LogP contribution in [0.25, 0.3) is 0 Å². The van der Waals surface area contributed by atoms with Gasteiger partial charge < -0.3 is 10.1 Å². The molecule has 0 spiro atoms. The maximum atomic E-state index is 13.1. The summed E-state index contributed by atoms with van der Waals surface area (Å²) >= 11 is 11.8. The van der Waals surface area contributed by atoms with Crippen LogP contribution in [0.4, 0.5) is 4.39 Å². The van der Waals surface area contributed by atoms with Gasteiger partial charge in [0.05, 0.1) is 10.0 Å². The molecular formula is C15H13Cl2FN2O. The van der Waals surface area contributed by atoms with E-state index in [2.05, 4.69) is 10.3 Å². The number of aromatic nitrogens is 1. The molecule has 3 nitrogen and oxygen atoms in total. The third-order valence-electron chi connectivity index (χ3n) is 3.18. The molecule has 1 aliphatic rings. The molecule has 1 aromatic carbocycles. The third kappa shape index (κ3) is 3.84. The van der Waals surface area contributed by atoms with E-state index >= 15 is 0 Å². The van der Waals surface area contributed by atoms with Crippen molar-refractivity contribution in [2.75, 3.05) is 0 Å². The zero-order chi connectivity index (χ0) is 14.8. The first-order valence-corrected chi connectivity index (χ1v) is 7.38. The fourth-order valence-electron chi connectivity index (χ4n) is 1.85. The highest BCUT2D eigenvalue weighted by Gasteiger charge is 2.20. The predicted octanol–water partition coefficient (Wildman–Crippen LogP) is 4.57. The smallest absolute Gasteiger partial charge is 0.219 e. The Balaban J connectivity index is 1.74. The summed E-state index contributed by atoms with van der Waals surface area (Å²) in [6.45, 7) is 0.673. The number of benzene rings is 1. The van der Waals surface area contributed by atoms with Crippen molar-refractivity contribution in [1.29, 1.82) is 0 Å². The molecule has 3 rings (SSSR count). The van der Waals surface area contributed by atoms with Crippen LogP contribution < -0.4 is 10.1 Å². The lowest BCUT2D eigenvalue weighted by molar-refractivity contribution is 0.460. The van der Waals surface area contributed by atoms with Crippen LogP contribution in [0.15, 0.2) is 30.5 Å². The average Bonchev–Trinajstić information content (AvgIpc) is 3.28. The highest BCUT2D eigenvalue weighted by Crippen LogP contribution is 2.27. The number of hydrogen-bond donors (Lipinski definition) is 1. The van der Waals surface area contributed by atoms with Gasteiger partial charge in [-0.05, 0) is 30.5 Å². The van der Waals surface area contributed by atoms with E-state index in [1.165, 1.54) is 31.0 Å². The molecule has 0 bridgehead atoms. The summed E-state index contributed by atoms with van der Waals surface area (Å²) in [5, 5.41) is 3.98. The van der Waals surface area contributed by atoms with Crippen molar-refractivity contribution in [2.24, 2.45) is 0 Å². The summed E-state index contributed by atoms with van der Waals surface area (Å²) in [5.41, 5.74) is 0.918. The maximum absolute atomic E-state index is 13.1. The Bertz CT molecular complexity index is 662. The van der Waals surface area contributed by atoms with E-state index < -0.39 is 5.82 Å². The Morgan fingerprint density at radius 3 is 2.76 bits per heavy atom. The Kier molecular flexibility index (Phi) is 4.29. The van der Waals surface area contributed by atoms with E-state index in [0.29, 0.717) is 29.2 Å². The molecular weight excluding hydrogens is 314 g/mol. The molecule has 6 heteroatoms. The zero-order valence-electron chi connectivity index (χ0n) is 11.1. The molecule has 0 unspecified atom stereocenters. The number of pyridine rings is 1. The molecule has 110 valence electrons. The van der Waals surface area contributed by atoms with E-state index in [4.69, 9.17) is 27.9 Å². The van der Waals surface area contributed by atoms with Crippen molar-refractivity contribution in [3.63, 3.8) is 0 Å². The lowest BCUT2D eigenvalue weighted by Gasteiger charge is -2.09. The molecule has 21 heavy (non-hydrogen) atoms. The monoisotopic (exact) mass is 326 g/mol. The van der Waals surface area contributed by atoms with Crippen molar-refractivity contribution >= 4 is 23.2 Å². The Morgan fingerprint density at radius 2 is 2.05 bits per heavy atom. The second-order valence-corrected chi connectivity index (χ2v) is 5.76. The molecule has 0 saturated heterocycles. The minimum atomic E-state index is -0.484. The van der Waals surface area contributed by atoms with Crippen LogP contribution in [-0.2, 0) is 6.54 Å². The third-order valence-corrected chi connectivity index (χ3v) is 3.81. The van der Waals surface area contributed by atoms with E-state index in [0.717, 1.165) is 5.56 Å².